The predicted octanol–water partition coefficient (Wildman–Crippen LogP) is -0.577. The average Bonchev–Trinajstić information content (AvgIpc) is 2.03. The fourth-order valence-electron chi connectivity index (χ4n) is 0.826. The molecule has 0 spiro atoms. The third kappa shape index (κ3) is 1.69. The van der Waals surface area contributed by atoms with Crippen LogP contribution in [-0.4, -0.2) is 29.3 Å². The molecule has 0 unspecified atom stereocenters. The second-order valence-electron chi connectivity index (χ2n) is 2.08. The number of aromatic nitrogens is 1. The van der Waals surface area contributed by atoms with Crippen LogP contribution in [-0.2, 0) is 0 Å². The number of methoxy groups -OCH3 is 1. The molecule has 4 nitrogen and oxygen atoms in total. The molecule has 2 N–H and O–H groups in total. The van der Waals surface area contributed by atoms with E-state index in [4.69, 9.17) is 26.4 Å². The summed E-state index contributed by atoms with van der Waals surface area (Å²) in [5.41, 5.74) is 0.0185. The van der Waals surface area contributed by atoms with Crippen molar-refractivity contribution in [1.82, 2.24) is 4.98 Å². The van der Waals surface area contributed by atoms with Crippen molar-refractivity contribution in [2.45, 2.75) is 0 Å². The van der Waals surface area contributed by atoms with Gasteiger partial charge in [-0.2, -0.15) is 0 Å². The molecule has 1 heterocycles. The highest BCUT2D eigenvalue weighted by Gasteiger charge is 2.20. The molecule has 0 atom stereocenters. The molecule has 1 aromatic heterocycles. The molecule has 1 rings (SSSR count). The first-order valence-electron chi connectivity index (χ1n) is 3.21. The fourth-order valence-corrected chi connectivity index (χ4v) is 1.06. The number of hydrogen-bond donors (Lipinski definition) is 2. The molecule has 0 aliphatic carbocycles. The number of nitrogens with zero attached hydrogens (tertiary/aromatic N) is 1. The number of ether oxygens (including phenoxy) is 1. The van der Waals surface area contributed by atoms with E-state index in [1.165, 1.54) is 19.4 Å². The van der Waals surface area contributed by atoms with Gasteiger partial charge in [-0.25, -0.2) is 0 Å². The van der Waals surface area contributed by atoms with Gasteiger partial charge < -0.3 is 14.8 Å². The summed E-state index contributed by atoms with van der Waals surface area (Å²) in [7, 11) is -0.284. The topological polar surface area (TPSA) is 62.6 Å². The molecule has 0 radical (unpaired) electrons. The Balaban J connectivity index is 3.18. The predicted molar refractivity (Wildman–Crippen MR) is 45.6 cm³/mol. The maximum Gasteiger partial charge on any atom is 0.512 e. The van der Waals surface area contributed by atoms with Crippen molar-refractivity contribution in [3.05, 3.63) is 17.3 Å². The smallest absolute Gasteiger partial charge is 0.494 e. The average molecular weight is 187 g/mol. The lowest BCUT2D eigenvalue weighted by Gasteiger charge is -2.07. The summed E-state index contributed by atoms with van der Waals surface area (Å²) in [5, 5.41) is 17.9. The Morgan fingerprint density at radius 1 is 1.58 bits per heavy atom. The highest BCUT2D eigenvalue weighted by molar-refractivity contribution is 6.59. The Morgan fingerprint density at radius 2 is 2.25 bits per heavy atom. The van der Waals surface area contributed by atoms with Crippen molar-refractivity contribution < 1.29 is 14.8 Å². The number of pyridine rings is 1. The molecule has 0 aliphatic rings. The van der Waals surface area contributed by atoms with Crippen LogP contribution in [0.5, 0.6) is 5.75 Å². The summed E-state index contributed by atoms with van der Waals surface area (Å²) < 4.78 is 4.82. The van der Waals surface area contributed by atoms with Crippen LogP contribution < -0.4 is 10.3 Å². The molecule has 1 aromatic rings. The van der Waals surface area contributed by atoms with Crippen LogP contribution in [0.4, 0.5) is 0 Å². The van der Waals surface area contributed by atoms with Crippen molar-refractivity contribution in [2.75, 3.05) is 7.11 Å². The molecule has 0 saturated carbocycles. The standard InChI is InChI=1S/C6H7BClNO3/c1-12-5-4(8)2-3-9-6(5)7(10)11/h2-3,10-11H,1H3. The maximum absolute atomic E-state index is 8.81. The Morgan fingerprint density at radius 3 is 2.67 bits per heavy atom. The van der Waals surface area contributed by atoms with Gasteiger partial charge in [0, 0.05) is 6.20 Å². The summed E-state index contributed by atoms with van der Waals surface area (Å²) in [4.78, 5) is 3.70. The lowest BCUT2D eigenvalue weighted by Crippen LogP contribution is -2.33. The van der Waals surface area contributed by atoms with Gasteiger partial charge in [-0.05, 0) is 6.07 Å². The lowest BCUT2D eigenvalue weighted by molar-refractivity contribution is 0.400. The summed E-state index contributed by atoms with van der Waals surface area (Å²) in [6, 6.07) is 1.51. The second-order valence-corrected chi connectivity index (χ2v) is 2.49. The van der Waals surface area contributed by atoms with Crippen LogP contribution >= 0.6 is 11.6 Å². The highest BCUT2D eigenvalue weighted by atomic mass is 35.5. The monoisotopic (exact) mass is 187 g/mol. The maximum atomic E-state index is 8.81. The third-order valence-corrected chi connectivity index (χ3v) is 1.63. The molecule has 12 heavy (non-hydrogen) atoms. The Bertz CT molecular complexity index is 281. The van der Waals surface area contributed by atoms with E-state index in [9.17, 15) is 0 Å². The Hall–Kier alpha value is -0.775. The van der Waals surface area contributed by atoms with Crippen molar-refractivity contribution in [3.63, 3.8) is 0 Å². The zero-order chi connectivity index (χ0) is 9.14. The second kappa shape index (κ2) is 3.75. The van der Waals surface area contributed by atoms with Crippen LogP contribution in [0, 0.1) is 0 Å². The van der Waals surface area contributed by atoms with Crippen LogP contribution in [0.25, 0.3) is 0 Å². The first-order valence-corrected chi connectivity index (χ1v) is 3.59. The molecule has 0 fully saturated rings. The van der Waals surface area contributed by atoms with Crippen molar-refractivity contribution in [1.29, 1.82) is 0 Å². The van der Waals surface area contributed by atoms with Crippen LogP contribution in [0.3, 0.4) is 0 Å². The van der Waals surface area contributed by atoms with Gasteiger partial charge in [0.1, 0.15) is 5.59 Å². The molecular formula is C6H7BClNO3. The van der Waals surface area contributed by atoms with Crippen molar-refractivity contribution in [3.8, 4) is 5.75 Å². The Kier molecular flexibility index (Phi) is 2.91. The summed E-state index contributed by atoms with van der Waals surface area (Å²) >= 11 is 5.69. The minimum absolute atomic E-state index is 0.0185. The number of halogens is 1. The molecular weight excluding hydrogens is 180 g/mol. The van der Waals surface area contributed by atoms with Gasteiger partial charge >= 0.3 is 7.12 Å². The first kappa shape index (κ1) is 9.31. The van der Waals surface area contributed by atoms with Gasteiger partial charge in [0.25, 0.3) is 0 Å². The lowest BCUT2D eigenvalue weighted by atomic mass is 9.85. The number of rotatable bonds is 2. The van der Waals surface area contributed by atoms with Gasteiger partial charge in [-0.1, -0.05) is 11.6 Å². The zero-order valence-corrected chi connectivity index (χ0v) is 7.12. The van der Waals surface area contributed by atoms with E-state index in [0.717, 1.165) is 0 Å². The molecule has 0 aliphatic heterocycles. The number of hydrogen-bond acceptors (Lipinski definition) is 4. The van der Waals surface area contributed by atoms with E-state index >= 15 is 0 Å². The van der Waals surface area contributed by atoms with E-state index in [2.05, 4.69) is 4.98 Å². The quantitative estimate of drug-likeness (QED) is 0.608. The van der Waals surface area contributed by atoms with Gasteiger partial charge in [-0.3, -0.25) is 4.98 Å². The Labute approximate surface area is 74.9 Å². The van der Waals surface area contributed by atoms with E-state index in [0.29, 0.717) is 5.02 Å². The van der Waals surface area contributed by atoms with Crippen molar-refractivity contribution >= 4 is 24.3 Å². The third-order valence-electron chi connectivity index (χ3n) is 1.33. The normalized spacial score (nSPS) is 9.67. The summed E-state index contributed by atoms with van der Waals surface area (Å²) in [6.07, 6.45) is 1.37. The van der Waals surface area contributed by atoms with Gasteiger partial charge in [0.2, 0.25) is 0 Å². The van der Waals surface area contributed by atoms with E-state index < -0.39 is 7.12 Å². The van der Waals surface area contributed by atoms with E-state index in [-0.39, 0.29) is 11.3 Å². The van der Waals surface area contributed by atoms with E-state index in [1.54, 1.807) is 0 Å². The fraction of sp³-hybridized carbons (Fsp3) is 0.167. The molecule has 0 amide bonds. The van der Waals surface area contributed by atoms with E-state index in [1.807, 2.05) is 0 Å². The molecule has 0 saturated heterocycles. The largest absolute Gasteiger partial charge is 0.512 e. The minimum atomic E-state index is -1.67. The van der Waals surface area contributed by atoms with Crippen molar-refractivity contribution in [2.24, 2.45) is 0 Å². The summed E-state index contributed by atoms with van der Waals surface area (Å²) in [6.45, 7) is 0. The molecule has 6 heteroatoms. The van der Waals surface area contributed by atoms with Gasteiger partial charge in [-0.15, -0.1) is 0 Å². The van der Waals surface area contributed by atoms with Crippen LogP contribution in [0.1, 0.15) is 0 Å². The van der Waals surface area contributed by atoms with Gasteiger partial charge in [0.15, 0.2) is 5.75 Å². The highest BCUT2D eigenvalue weighted by Crippen LogP contribution is 2.19. The van der Waals surface area contributed by atoms with Gasteiger partial charge in [0.05, 0.1) is 12.1 Å². The SMILES string of the molecule is COc1c(Cl)ccnc1B(O)O. The summed E-state index contributed by atoms with van der Waals surface area (Å²) in [5.74, 6) is 0.189. The molecule has 0 aromatic carbocycles. The van der Waals surface area contributed by atoms with Crippen LogP contribution in [0.15, 0.2) is 12.3 Å². The van der Waals surface area contributed by atoms with Crippen LogP contribution in [0.2, 0.25) is 5.02 Å². The molecule has 0 bridgehead atoms. The zero-order valence-electron chi connectivity index (χ0n) is 6.36. The molecule has 64 valence electrons. The first-order chi connectivity index (χ1) is 5.66. The minimum Gasteiger partial charge on any atom is -0.494 e.